The van der Waals surface area contributed by atoms with Crippen LogP contribution in [0.1, 0.15) is 59.4 Å². The van der Waals surface area contributed by atoms with Crippen LogP contribution in [0.2, 0.25) is 0 Å². The monoisotopic (exact) mass is 424 g/mol. The van der Waals surface area contributed by atoms with Gasteiger partial charge in [0, 0.05) is 11.8 Å². The number of carbonyl (C=O) groups excluding carboxylic acids is 1. The second-order valence-corrected chi connectivity index (χ2v) is 9.39. The zero-order valence-corrected chi connectivity index (χ0v) is 19.4. The van der Waals surface area contributed by atoms with Crippen LogP contribution in [-0.4, -0.2) is 33.8 Å². The van der Waals surface area contributed by atoms with E-state index in [1.165, 1.54) is 0 Å². The van der Waals surface area contributed by atoms with Crippen molar-refractivity contribution >= 4 is 6.09 Å². The number of aromatic nitrogens is 2. The summed E-state index contributed by atoms with van der Waals surface area (Å²) in [4.78, 5) is 20.9. The largest absolute Gasteiger partial charge is 0.490 e. The third-order valence-corrected chi connectivity index (χ3v) is 4.38. The first kappa shape index (κ1) is 24.1. The number of benzene rings is 1. The van der Waals surface area contributed by atoms with Gasteiger partial charge in [0.2, 0.25) is 0 Å². The first-order valence-electron chi connectivity index (χ1n) is 10.4. The zero-order valence-electron chi connectivity index (χ0n) is 19.4. The van der Waals surface area contributed by atoms with Crippen molar-refractivity contribution in [3.8, 4) is 23.1 Å². The molecule has 1 heterocycles. The predicted octanol–water partition coefficient (Wildman–Crippen LogP) is 5.03. The normalized spacial score (nSPS) is 13.3. The zero-order chi connectivity index (χ0) is 23.2. The Hall–Kier alpha value is -3.14. The fraction of sp³-hybridized carbons (Fsp3) is 0.500. The number of alkyl carbamates (subject to hydrolysis) is 1. The molecule has 0 saturated heterocycles. The second-order valence-electron chi connectivity index (χ2n) is 9.39. The molecule has 1 aromatic heterocycles. The van der Waals surface area contributed by atoms with E-state index < -0.39 is 17.2 Å². The highest BCUT2D eigenvalue weighted by Gasteiger charge is 2.31. The van der Waals surface area contributed by atoms with Crippen molar-refractivity contribution in [3.05, 3.63) is 41.9 Å². The topological polar surface area (TPSA) is 97.1 Å². The van der Waals surface area contributed by atoms with E-state index in [1.54, 1.807) is 24.4 Å². The molecule has 0 aliphatic carbocycles. The molecule has 1 aromatic carbocycles. The van der Waals surface area contributed by atoms with Crippen molar-refractivity contribution in [2.24, 2.45) is 5.92 Å². The van der Waals surface area contributed by atoms with Crippen LogP contribution < -0.4 is 10.1 Å². The van der Waals surface area contributed by atoms with E-state index >= 15 is 0 Å². The van der Waals surface area contributed by atoms with Crippen LogP contribution in [0.4, 0.5) is 4.79 Å². The highest BCUT2D eigenvalue weighted by molar-refractivity contribution is 5.69. The fourth-order valence-corrected chi connectivity index (χ4v) is 3.35. The lowest BCUT2D eigenvalue weighted by molar-refractivity contribution is 0.0408. The van der Waals surface area contributed by atoms with Gasteiger partial charge in [-0.05, 0) is 71.2 Å². The van der Waals surface area contributed by atoms with Crippen molar-refractivity contribution in [2.75, 3.05) is 6.61 Å². The maximum absolute atomic E-state index is 12.4. The molecule has 0 aliphatic heterocycles. The van der Waals surface area contributed by atoms with Crippen molar-refractivity contribution in [2.45, 2.75) is 66.0 Å². The van der Waals surface area contributed by atoms with Gasteiger partial charge in [-0.15, -0.1) is 0 Å². The van der Waals surface area contributed by atoms with E-state index in [9.17, 15) is 10.1 Å². The van der Waals surface area contributed by atoms with Crippen LogP contribution in [0.25, 0.3) is 11.3 Å². The van der Waals surface area contributed by atoms with Gasteiger partial charge in [0.1, 0.15) is 29.9 Å². The lowest BCUT2D eigenvalue weighted by Crippen LogP contribution is -2.52. The third kappa shape index (κ3) is 7.56. The number of nitriles is 1. The third-order valence-electron chi connectivity index (χ3n) is 4.38. The molecule has 0 saturated carbocycles. The molecule has 166 valence electrons. The Morgan fingerprint density at radius 3 is 2.52 bits per heavy atom. The van der Waals surface area contributed by atoms with Crippen LogP contribution in [0.3, 0.4) is 0 Å². The number of hydrogen-bond donors (Lipinski definition) is 1. The smallest absolute Gasteiger partial charge is 0.408 e. The minimum absolute atomic E-state index is 0.199. The first-order valence-corrected chi connectivity index (χ1v) is 10.4. The Labute approximate surface area is 184 Å². The fourth-order valence-electron chi connectivity index (χ4n) is 3.35. The molecule has 1 N–H and O–H groups in total. The summed E-state index contributed by atoms with van der Waals surface area (Å²) in [6, 6.07) is 9.36. The molecular weight excluding hydrogens is 392 g/mol. The number of amides is 1. The summed E-state index contributed by atoms with van der Waals surface area (Å²) in [7, 11) is 0. The number of ether oxygens (including phenoxy) is 2. The minimum atomic E-state index is -0.661. The Kier molecular flexibility index (Phi) is 7.61. The highest BCUT2D eigenvalue weighted by atomic mass is 16.6. The molecule has 1 amide bonds. The molecular formula is C24H32N4O3. The Morgan fingerprint density at radius 2 is 1.94 bits per heavy atom. The molecule has 7 nitrogen and oxygen atoms in total. The van der Waals surface area contributed by atoms with E-state index in [4.69, 9.17) is 9.47 Å². The van der Waals surface area contributed by atoms with Crippen LogP contribution >= 0.6 is 0 Å². The van der Waals surface area contributed by atoms with Crippen molar-refractivity contribution in [3.63, 3.8) is 0 Å². The molecule has 2 rings (SSSR count). The quantitative estimate of drug-likeness (QED) is 0.669. The van der Waals surface area contributed by atoms with Gasteiger partial charge in [0.05, 0.1) is 16.8 Å². The molecule has 2 aromatic rings. The van der Waals surface area contributed by atoms with Gasteiger partial charge < -0.3 is 14.8 Å². The predicted molar refractivity (Wildman–Crippen MR) is 120 cm³/mol. The van der Waals surface area contributed by atoms with Gasteiger partial charge in [-0.25, -0.2) is 14.8 Å². The second kappa shape index (κ2) is 9.78. The summed E-state index contributed by atoms with van der Waals surface area (Å²) in [5.41, 5.74) is 0.703. The van der Waals surface area contributed by atoms with Gasteiger partial charge in [-0.1, -0.05) is 13.8 Å². The molecule has 0 fully saturated rings. The van der Waals surface area contributed by atoms with Crippen LogP contribution in [0, 0.1) is 24.2 Å². The lowest BCUT2D eigenvalue weighted by Gasteiger charge is -2.33. The average molecular weight is 425 g/mol. The number of nitrogens with zero attached hydrogens (tertiary/aromatic N) is 3. The maximum Gasteiger partial charge on any atom is 0.408 e. The number of nitrogens with one attached hydrogen (secondary N) is 1. The molecule has 1 atom stereocenters. The van der Waals surface area contributed by atoms with Crippen molar-refractivity contribution in [1.82, 2.24) is 15.3 Å². The summed E-state index contributed by atoms with van der Waals surface area (Å²) in [5.74, 6) is 1.44. The summed E-state index contributed by atoms with van der Waals surface area (Å²) in [5, 5.41) is 12.6. The number of aryl methyl sites for hydroxylation is 1. The maximum atomic E-state index is 12.4. The van der Waals surface area contributed by atoms with Gasteiger partial charge in [0.15, 0.2) is 0 Å². The van der Waals surface area contributed by atoms with Gasteiger partial charge in [0.25, 0.3) is 0 Å². The number of rotatable bonds is 7. The van der Waals surface area contributed by atoms with Crippen molar-refractivity contribution in [1.29, 1.82) is 5.26 Å². The molecule has 7 heteroatoms. The molecule has 0 spiro atoms. The van der Waals surface area contributed by atoms with Gasteiger partial charge in [-0.3, -0.25) is 0 Å². The minimum Gasteiger partial charge on any atom is -0.490 e. The van der Waals surface area contributed by atoms with Crippen LogP contribution in [0.15, 0.2) is 30.5 Å². The summed E-state index contributed by atoms with van der Waals surface area (Å²) in [6.07, 6.45) is 1.88. The first-order chi connectivity index (χ1) is 14.4. The summed E-state index contributed by atoms with van der Waals surface area (Å²) in [6.45, 7) is 13.6. The average Bonchev–Trinajstić information content (AvgIpc) is 2.64. The molecule has 1 unspecified atom stereocenters. The number of carbonyl (C=O) groups is 1. The molecule has 31 heavy (non-hydrogen) atoms. The van der Waals surface area contributed by atoms with Gasteiger partial charge in [-0.2, -0.15) is 5.26 Å². The van der Waals surface area contributed by atoms with Crippen molar-refractivity contribution < 1.29 is 14.3 Å². The Bertz CT molecular complexity index is 960. The molecule has 0 bridgehead atoms. The number of hydrogen-bond acceptors (Lipinski definition) is 6. The van der Waals surface area contributed by atoms with Crippen LogP contribution in [0.5, 0.6) is 5.75 Å². The highest BCUT2D eigenvalue weighted by Crippen LogP contribution is 2.27. The molecule has 0 aliphatic rings. The Morgan fingerprint density at radius 1 is 1.23 bits per heavy atom. The van der Waals surface area contributed by atoms with E-state index in [-0.39, 0.29) is 6.61 Å². The van der Waals surface area contributed by atoms with E-state index in [0.717, 1.165) is 11.3 Å². The summed E-state index contributed by atoms with van der Waals surface area (Å²) >= 11 is 0. The SMILES string of the molecule is Cc1nccc(-c2ccc(OCC(C)(CC(C)C)NC(=O)OC(C)(C)C)c(C#N)c2)n1. The standard InChI is InChI=1S/C24H32N4O3/c1-16(2)13-24(7,28-22(29)31-23(4,5)6)15-30-21-9-8-18(12-19(21)14-25)20-10-11-26-17(3)27-20/h8-12,16H,13,15H2,1-7H3,(H,28,29). The van der Waals surface area contributed by atoms with Crippen LogP contribution in [-0.2, 0) is 4.74 Å². The Balaban J connectivity index is 2.20. The summed E-state index contributed by atoms with van der Waals surface area (Å²) < 4.78 is 11.4. The van der Waals surface area contributed by atoms with E-state index in [0.29, 0.717) is 29.5 Å². The van der Waals surface area contributed by atoms with E-state index in [2.05, 4.69) is 35.2 Å². The lowest BCUT2D eigenvalue weighted by atomic mass is 9.91. The molecule has 0 radical (unpaired) electrons. The van der Waals surface area contributed by atoms with E-state index in [1.807, 2.05) is 40.7 Å². The van der Waals surface area contributed by atoms with Gasteiger partial charge >= 0.3 is 6.09 Å².